The van der Waals surface area contributed by atoms with Crippen LogP contribution in [0.5, 0.6) is 0 Å². The van der Waals surface area contributed by atoms with Crippen LogP contribution in [-0.2, 0) is 0 Å². The van der Waals surface area contributed by atoms with Crippen LogP contribution in [0, 0.1) is 0 Å². The van der Waals surface area contributed by atoms with Crippen LogP contribution in [0.1, 0.15) is 5.69 Å². The average Bonchev–Trinajstić information content (AvgIpc) is 2.15. The summed E-state index contributed by atoms with van der Waals surface area (Å²) < 4.78 is 0. The summed E-state index contributed by atoms with van der Waals surface area (Å²) in [6, 6.07) is 1.92. The van der Waals surface area contributed by atoms with Crippen molar-refractivity contribution < 1.29 is 0 Å². The molecule has 2 heterocycles. The van der Waals surface area contributed by atoms with E-state index in [4.69, 9.17) is 0 Å². The lowest BCUT2D eigenvalue weighted by atomic mass is 10.4. The SMILES string of the molecule is C1=Cc2[nH]ccc2N=1. The molecule has 0 unspecified atom stereocenters. The van der Waals surface area contributed by atoms with Gasteiger partial charge in [0.2, 0.25) is 0 Å². The molecule has 0 spiro atoms. The number of H-pyrrole nitrogens is 1. The third-order valence-electron chi connectivity index (χ3n) is 1.15. The molecule has 1 aliphatic rings. The van der Waals surface area contributed by atoms with Crippen molar-refractivity contribution in [3.63, 3.8) is 0 Å². The van der Waals surface area contributed by atoms with Gasteiger partial charge < -0.3 is 4.98 Å². The molecule has 0 fully saturated rings. The molecule has 0 amide bonds. The normalized spacial score (nSPS) is 12.5. The second-order valence-corrected chi connectivity index (χ2v) is 1.66. The fourth-order valence-electron chi connectivity index (χ4n) is 0.754. The molecule has 1 N–H and O–H groups in total. The molecule has 0 atom stereocenters. The molecule has 2 heteroatoms. The Hall–Kier alpha value is -1.27. The van der Waals surface area contributed by atoms with Crippen LogP contribution < -0.4 is 0 Å². The lowest BCUT2D eigenvalue weighted by molar-refractivity contribution is 1.38. The number of hydrogen-bond acceptors (Lipinski definition) is 1. The molecule has 38 valence electrons. The number of aromatic amines is 1. The third kappa shape index (κ3) is 0.303. The van der Waals surface area contributed by atoms with E-state index in [1.807, 2.05) is 18.3 Å². The van der Waals surface area contributed by atoms with E-state index in [9.17, 15) is 0 Å². The molecule has 0 saturated carbocycles. The van der Waals surface area contributed by atoms with Gasteiger partial charge in [-0.25, -0.2) is 4.99 Å². The topological polar surface area (TPSA) is 28.1 Å². The first-order valence-corrected chi connectivity index (χ1v) is 2.44. The van der Waals surface area contributed by atoms with Crippen LogP contribution >= 0.6 is 0 Å². The van der Waals surface area contributed by atoms with Crippen molar-refractivity contribution >= 4 is 17.6 Å². The maximum Gasteiger partial charge on any atom is 0.0985 e. The van der Waals surface area contributed by atoms with E-state index in [-0.39, 0.29) is 0 Å². The van der Waals surface area contributed by atoms with Crippen molar-refractivity contribution in [1.82, 2.24) is 4.98 Å². The van der Waals surface area contributed by atoms with E-state index in [1.54, 1.807) is 0 Å². The standard InChI is InChI=1S/C6H4N2/c1-3-7-6-2-4-8-5(1)6/h1-3,7H. The van der Waals surface area contributed by atoms with Crippen molar-refractivity contribution in [2.24, 2.45) is 4.99 Å². The molecule has 0 aromatic carbocycles. The molecule has 0 saturated heterocycles. The second kappa shape index (κ2) is 1.11. The van der Waals surface area contributed by atoms with Gasteiger partial charge in [0, 0.05) is 12.3 Å². The molecule has 1 aromatic rings. The lowest BCUT2D eigenvalue weighted by Crippen LogP contribution is -1.61. The zero-order valence-electron chi connectivity index (χ0n) is 4.18. The van der Waals surface area contributed by atoms with Crippen LogP contribution in [0.3, 0.4) is 0 Å². The van der Waals surface area contributed by atoms with Gasteiger partial charge >= 0.3 is 0 Å². The Labute approximate surface area is 46.6 Å². The van der Waals surface area contributed by atoms with E-state index in [0.717, 1.165) is 11.4 Å². The Morgan fingerprint density at radius 3 is 3.50 bits per heavy atom. The quantitative estimate of drug-likeness (QED) is 0.522. The van der Waals surface area contributed by atoms with E-state index in [0.29, 0.717) is 0 Å². The monoisotopic (exact) mass is 104 g/mol. The van der Waals surface area contributed by atoms with Gasteiger partial charge in [0.1, 0.15) is 0 Å². The molecule has 2 rings (SSSR count). The summed E-state index contributed by atoms with van der Waals surface area (Å²) >= 11 is 0. The molecule has 2 nitrogen and oxygen atoms in total. The molecular formula is C6H4N2. The highest BCUT2D eigenvalue weighted by Crippen LogP contribution is 2.20. The number of nitrogens with zero attached hydrogens (tertiary/aromatic N) is 1. The fourth-order valence-corrected chi connectivity index (χ4v) is 0.754. The summed E-state index contributed by atoms with van der Waals surface area (Å²) in [4.78, 5) is 6.93. The van der Waals surface area contributed by atoms with Gasteiger partial charge in [0.25, 0.3) is 0 Å². The largest absolute Gasteiger partial charge is 0.359 e. The van der Waals surface area contributed by atoms with Crippen molar-refractivity contribution in [3.8, 4) is 0 Å². The van der Waals surface area contributed by atoms with Gasteiger partial charge in [-0.2, -0.15) is 0 Å². The fraction of sp³-hybridized carbons (Fsp3) is 0. The van der Waals surface area contributed by atoms with Crippen molar-refractivity contribution in [1.29, 1.82) is 0 Å². The highest BCUT2D eigenvalue weighted by molar-refractivity contribution is 5.88. The molecular weight excluding hydrogens is 100 g/mol. The summed E-state index contributed by atoms with van der Waals surface area (Å²) in [5.74, 6) is 2.74. The summed E-state index contributed by atoms with van der Waals surface area (Å²) in [7, 11) is 0. The van der Waals surface area contributed by atoms with Crippen LogP contribution in [-0.4, -0.2) is 10.9 Å². The van der Waals surface area contributed by atoms with E-state index in [2.05, 4.69) is 15.8 Å². The molecule has 0 aliphatic carbocycles. The minimum atomic E-state index is 0.991. The van der Waals surface area contributed by atoms with Crippen LogP contribution in [0.15, 0.2) is 17.3 Å². The van der Waals surface area contributed by atoms with Gasteiger partial charge in [-0.3, -0.25) is 0 Å². The number of aromatic nitrogens is 1. The van der Waals surface area contributed by atoms with Gasteiger partial charge in [0.05, 0.1) is 11.4 Å². The predicted octanol–water partition coefficient (Wildman–Crippen LogP) is 1.34. The Kier molecular flexibility index (Phi) is 0.515. The third-order valence-corrected chi connectivity index (χ3v) is 1.15. The second-order valence-electron chi connectivity index (χ2n) is 1.66. The van der Waals surface area contributed by atoms with E-state index in [1.165, 1.54) is 0 Å². The lowest BCUT2D eigenvalue weighted by Gasteiger charge is -1.76. The maximum atomic E-state index is 3.92. The van der Waals surface area contributed by atoms with E-state index >= 15 is 0 Å². The Bertz CT molecular complexity index is 241. The maximum absolute atomic E-state index is 3.92. The zero-order chi connectivity index (χ0) is 5.40. The summed E-state index contributed by atoms with van der Waals surface area (Å²) in [5, 5.41) is 0. The van der Waals surface area contributed by atoms with Crippen LogP contribution in [0.2, 0.25) is 0 Å². The zero-order valence-corrected chi connectivity index (χ0v) is 4.18. The minimum Gasteiger partial charge on any atom is -0.359 e. The Morgan fingerprint density at radius 1 is 1.62 bits per heavy atom. The van der Waals surface area contributed by atoms with Gasteiger partial charge in [-0.1, -0.05) is 0 Å². The molecule has 1 aliphatic heterocycles. The highest BCUT2D eigenvalue weighted by Gasteiger charge is 1.99. The number of hydrogen-bond donors (Lipinski definition) is 1. The predicted molar refractivity (Wildman–Crippen MR) is 32.4 cm³/mol. The summed E-state index contributed by atoms with van der Waals surface area (Å²) in [6.45, 7) is 0. The smallest absolute Gasteiger partial charge is 0.0985 e. The van der Waals surface area contributed by atoms with Crippen molar-refractivity contribution in [2.75, 3.05) is 0 Å². The van der Waals surface area contributed by atoms with Crippen molar-refractivity contribution in [2.45, 2.75) is 0 Å². The summed E-state index contributed by atoms with van der Waals surface area (Å²) in [5.41, 5.74) is 2.05. The Morgan fingerprint density at radius 2 is 2.62 bits per heavy atom. The summed E-state index contributed by atoms with van der Waals surface area (Å²) in [6.07, 6.45) is 3.70. The Balaban J connectivity index is 2.78. The minimum absolute atomic E-state index is 0.991. The van der Waals surface area contributed by atoms with Gasteiger partial charge in [-0.15, -0.1) is 0 Å². The molecule has 0 bridgehead atoms. The van der Waals surface area contributed by atoms with Crippen LogP contribution in [0.25, 0.3) is 6.08 Å². The molecule has 0 radical (unpaired) electrons. The van der Waals surface area contributed by atoms with Crippen LogP contribution in [0.4, 0.5) is 5.69 Å². The van der Waals surface area contributed by atoms with Crippen molar-refractivity contribution in [3.05, 3.63) is 18.0 Å². The van der Waals surface area contributed by atoms with Gasteiger partial charge in [-0.05, 0) is 11.9 Å². The van der Waals surface area contributed by atoms with Gasteiger partial charge in [0.15, 0.2) is 0 Å². The molecule has 1 aromatic heterocycles. The number of rotatable bonds is 0. The number of nitrogens with one attached hydrogen (secondary N) is 1. The number of fused-ring (bicyclic) bond motifs is 1. The first kappa shape index (κ1) is 3.70. The number of aliphatic imine (C=N–C) groups is 1. The van der Waals surface area contributed by atoms with E-state index < -0.39 is 0 Å². The molecule has 8 heavy (non-hydrogen) atoms. The first-order valence-electron chi connectivity index (χ1n) is 2.44. The highest BCUT2D eigenvalue weighted by atomic mass is 14.8. The average molecular weight is 104 g/mol. The first-order chi connectivity index (χ1) is 3.97.